The van der Waals surface area contributed by atoms with Crippen LogP contribution in [0.25, 0.3) is 86.9 Å². The summed E-state index contributed by atoms with van der Waals surface area (Å²) in [6.07, 6.45) is 0.881. The molecule has 0 saturated heterocycles. The van der Waals surface area contributed by atoms with Crippen molar-refractivity contribution in [2.75, 3.05) is 4.90 Å². The summed E-state index contributed by atoms with van der Waals surface area (Å²) in [6, 6.07) is 69.8. The van der Waals surface area contributed by atoms with E-state index in [0.717, 1.165) is 77.7 Å². The van der Waals surface area contributed by atoms with Crippen LogP contribution in [0.2, 0.25) is 0 Å². The van der Waals surface area contributed by atoms with Crippen LogP contribution in [0.4, 0.5) is 17.1 Å². The molecule has 2 aromatic heterocycles. The second-order valence-corrected chi connectivity index (χ2v) is 16.1. The molecule has 0 aliphatic heterocycles. The second kappa shape index (κ2) is 13.2. The molecule has 0 N–H and O–H groups in total. The van der Waals surface area contributed by atoms with E-state index in [1.165, 1.54) is 43.8 Å². The zero-order chi connectivity index (χ0) is 38.2. The van der Waals surface area contributed by atoms with Crippen molar-refractivity contribution in [2.45, 2.75) is 6.42 Å². The zero-order valence-corrected chi connectivity index (χ0v) is 32.2. The normalized spacial score (nSPS) is 12.1. The van der Waals surface area contributed by atoms with E-state index >= 15 is 0 Å². The highest BCUT2D eigenvalue weighted by Gasteiger charge is 2.27. The average Bonchev–Trinajstić information content (AvgIpc) is 4.01. The number of hydrogen-bond donors (Lipinski definition) is 0. The molecule has 0 atom stereocenters. The number of aromatic nitrogens is 1. The highest BCUT2D eigenvalue weighted by molar-refractivity contribution is 7.21. The molecule has 0 spiro atoms. The van der Waals surface area contributed by atoms with Crippen LogP contribution in [0, 0.1) is 0 Å². The summed E-state index contributed by atoms with van der Waals surface area (Å²) in [5, 5.41) is 5.57. The van der Waals surface area contributed by atoms with Gasteiger partial charge in [-0.3, -0.25) is 0 Å². The van der Waals surface area contributed by atoms with Gasteiger partial charge >= 0.3 is 0 Å². The van der Waals surface area contributed by atoms with Crippen LogP contribution in [0.1, 0.15) is 11.1 Å². The first kappa shape index (κ1) is 32.9. The van der Waals surface area contributed by atoms with Gasteiger partial charge in [0.15, 0.2) is 0 Å². The lowest BCUT2D eigenvalue weighted by Gasteiger charge is -2.29. The lowest BCUT2D eigenvalue weighted by molar-refractivity contribution is 0.669. The third-order valence-electron chi connectivity index (χ3n) is 11.7. The number of nitrogens with zero attached hydrogens (tertiary/aromatic N) is 2. The van der Waals surface area contributed by atoms with Gasteiger partial charge in [0.05, 0.1) is 21.6 Å². The molecule has 0 amide bonds. The van der Waals surface area contributed by atoms with Crippen molar-refractivity contribution >= 4 is 71.3 Å². The Morgan fingerprint density at radius 2 is 1.14 bits per heavy atom. The standard InChI is InChI=1S/C54H34N2OS/c1-3-13-34(14-4-1)35-25-28-39(29-26-35)56(47-23-11-22-42-40-18-8-7-17-37(40)31-45(42)47)48-33-50-52(44-20-10-9-19-43(44)48)46-32-38(27-30-49(46)57-50)41-21-12-24-51-53(41)55-54(58-51)36-15-5-2-6-16-36/h1-30,32-33H,31H2. The number of hydrogen-bond acceptors (Lipinski definition) is 4. The topological polar surface area (TPSA) is 29.3 Å². The van der Waals surface area contributed by atoms with Crippen LogP contribution in [-0.2, 0) is 6.42 Å². The van der Waals surface area contributed by atoms with Crippen molar-refractivity contribution in [3.63, 3.8) is 0 Å². The van der Waals surface area contributed by atoms with Gasteiger partial charge in [-0.2, -0.15) is 0 Å². The lowest BCUT2D eigenvalue weighted by Crippen LogP contribution is -2.12. The van der Waals surface area contributed by atoms with Gasteiger partial charge in [-0.1, -0.05) is 152 Å². The van der Waals surface area contributed by atoms with Crippen LogP contribution < -0.4 is 4.90 Å². The summed E-state index contributed by atoms with van der Waals surface area (Å²) >= 11 is 1.74. The summed E-state index contributed by atoms with van der Waals surface area (Å²) in [7, 11) is 0. The van der Waals surface area contributed by atoms with Crippen molar-refractivity contribution in [3.05, 3.63) is 205 Å². The molecular formula is C54H34N2OS. The van der Waals surface area contributed by atoms with Crippen LogP contribution in [0.15, 0.2) is 199 Å². The van der Waals surface area contributed by atoms with E-state index in [2.05, 4.69) is 193 Å². The number of para-hydroxylation sites is 1. The average molecular weight is 759 g/mol. The Morgan fingerprint density at radius 3 is 1.98 bits per heavy atom. The van der Waals surface area contributed by atoms with Gasteiger partial charge in [0.25, 0.3) is 0 Å². The van der Waals surface area contributed by atoms with Gasteiger partial charge in [-0.15, -0.1) is 11.3 Å². The Kier molecular flexibility index (Phi) is 7.47. The number of thiazole rings is 1. The smallest absolute Gasteiger partial charge is 0.138 e. The first-order valence-corrected chi connectivity index (χ1v) is 20.6. The first-order valence-electron chi connectivity index (χ1n) is 19.7. The van der Waals surface area contributed by atoms with Crippen LogP contribution in [0.5, 0.6) is 0 Å². The van der Waals surface area contributed by atoms with E-state index in [0.29, 0.717) is 0 Å². The lowest BCUT2D eigenvalue weighted by atomic mass is 9.97. The van der Waals surface area contributed by atoms with Crippen molar-refractivity contribution in [2.24, 2.45) is 0 Å². The van der Waals surface area contributed by atoms with Crippen LogP contribution in [-0.4, -0.2) is 4.98 Å². The summed E-state index contributed by atoms with van der Waals surface area (Å²) in [6.45, 7) is 0. The largest absolute Gasteiger partial charge is 0.456 e. The van der Waals surface area contributed by atoms with Gasteiger partial charge in [-0.25, -0.2) is 4.98 Å². The molecule has 58 heavy (non-hydrogen) atoms. The molecule has 0 fully saturated rings. The molecule has 0 unspecified atom stereocenters. The summed E-state index contributed by atoms with van der Waals surface area (Å²) < 4.78 is 8.02. The third kappa shape index (κ3) is 5.23. The highest BCUT2D eigenvalue weighted by atomic mass is 32.1. The Morgan fingerprint density at radius 1 is 0.466 bits per heavy atom. The third-order valence-corrected chi connectivity index (χ3v) is 12.8. The molecule has 11 aromatic rings. The minimum absolute atomic E-state index is 0.862. The van der Waals surface area contributed by atoms with Crippen LogP contribution in [0.3, 0.4) is 0 Å². The molecule has 2 heterocycles. The molecule has 0 radical (unpaired) electrons. The number of anilines is 3. The first-order chi connectivity index (χ1) is 28.7. The minimum atomic E-state index is 0.862. The molecule has 272 valence electrons. The van der Waals surface area contributed by atoms with Gasteiger partial charge < -0.3 is 9.32 Å². The Hall–Kier alpha value is -7.27. The minimum Gasteiger partial charge on any atom is -0.456 e. The molecule has 3 nitrogen and oxygen atoms in total. The fourth-order valence-electron chi connectivity index (χ4n) is 9.05. The van der Waals surface area contributed by atoms with Crippen molar-refractivity contribution in [1.82, 2.24) is 4.98 Å². The molecule has 0 saturated carbocycles. The van der Waals surface area contributed by atoms with E-state index in [-0.39, 0.29) is 0 Å². The number of rotatable bonds is 6. The zero-order valence-electron chi connectivity index (χ0n) is 31.4. The van der Waals surface area contributed by atoms with E-state index in [9.17, 15) is 0 Å². The Balaban J connectivity index is 1.06. The molecule has 12 rings (SSSR count). The fraction of sp³-hybridized carbons (Fsp3) is 0.0185. The van der Waals surface area contributed by atoms with Gasteiger partial charge in [0.2, 0.25) is 0 Å². The molecule has 9 aromatic carbocycles. The Bertz CT molecular complexity index is 3360. The molecule has 4 heteroatoms. The number of benzene rings is 9. The van der Waals surface area contributed by atoms with Gasteiger partial charge in [-0.05, 0) is 80.7 Å². The molecular weight excluding hydrogens is 725 g/mol. The predicted molar refractivity (Wildman–Crippen MR) is 244 cm³/mol. The number of furan rings is 1. The van der Waals surface area contributed by atoms with Crippen molar-refractivity contribution in [3.8, 4) is 44.0 Å². The van der Waals surface area contributed by atoms with Gasteiger partial charge in [0.1, 0.15) is 16.2 Å². The fourth-order valence-corrected chi connectivity index (χ4v) is 10.1. The quantitative estimate of drug-likeness (QED) is 0.169. The van der Waals surface area contributed by atoms with E-state index in [1.54, 1.807) is 11.3 Å². The highest BCUT2D eigenvalue weighted by Crippen LogP contribution is 2.49. The molecule has 1 aliphatic rings. The summed E-state index contributed by atoms with van der Waals surface area (Å²) in [5.74, 6) is 0. The van der Waals surface area contributed by atoms with Crippen LogP contribution >= 0.6 is 11.3 Å². The second-order valence-electron chi connectivity index (χ2n) is 15.1. The monoisotopic (exact) mass is 758 g/mol. The Labute approximate surface area is 339 Å². The summed E-state index contributed by atoms with van der Waals surface area (Å²) in [5.41, 5.74) is 17.2. The molecule has 1 aliphatic carbocycles. The molecule has 0 bridgehead atoms. The predicted octanol–water partition coefficient (Wildman–Crippen LogP) is 15.4. The van der Waals surface area contributed by atoms with E-state index in [4.69, 9.17) is 9.40 Å². The maximum atomic E-state index is 6.84. The van der Waals surface area contributed by atoms with Gasteiger partial charge in [0, 0.05) is 45.5 Å². The summed E-state index contributed by atoms with van der Waals surface area (Å²) in [4.78, 5) is 7.63. The van der Waals surface area contributed by atoms with Crippen molar-refractivity contribution in [1.29, 1.82) is 0 Å². The van der Waals surface area contributed by atoms with Crippen molar-refractivity contribution < 1.29 is 4.42 Å². The maximum Gasteiger partial charge on any atom is 0.138 e. The van der Waals surface area contributed by atoms with E-state index in [1.807, 2.05) is 6.07 Å². The number of fused-ring (bicyclic) bond motifs is 9. The van der Waals surface area contributed by atoms with E-state index < -0.39 is 0 Å². The maximum absolute atomic E-state index is 6.84. The SMILES string of the molecule is c1ccc(-c2ccc(N(c3cccc4c3Cc3ccccc3-4)c3cc4oc5ccc(-c6cccc7sc(-c8ccccc8)nc67)cc5c4c4ccccc34)cc2)cc1.